The zero-order valence-corrected chi connectivity index (χ0v) is 6.36. The molecule has 0 saturated carbocycles. The van der Waals surface area contributed by atoms with Gasteiger partial charge in [-0.25, -0.2) is 0 Å². The zero-order chi connectivity index (χ0) is 7.68. The van der Waals surface area contributed by atoms with Gasteiger partial charge in [-0.15, -0.1) is 0 Å². The highest BCUT2D eigenvalue weighted by atomic mass is 15.4. The lowest BCUT2D eigenvalue weighted by molar-refractivity contribution is 0.494. The summed E-state index contributed by atoms with van der Waals surface area (Å²) in [7, 11) is 2.03. The van der Waals surface area contributed by atoms with Crippen molar-refractivity contribution in [2.24, 2.45) is 0 Å². The van der Waals surface area contributed by atoms with E-state index in [4.69, 9.17) is 0 Å². The lowest BCUT2D eigenvalue weighted by atomic mass is 10.6. The quantitative estimate of drug-likeness (QED) is 0.636. The van der Waals surface area contributed by atoms with E-state index >= 15 is 0 Å². The summed E-state index contributed by atoms with van der Waals surface area (Å²) in [4.78, 5) is 4.19. The molecule has 58 valence electrons. The minimum Gasteiger partial charge on any atom is -0.361 e. The number of anilines is 1. The summed E-state index contributed by atoms with van der Waals surface area (Å²) in [6.45, 7) is 0.891. The van der Waals surface area contributed by atoms with E-state index < -0.39 is 0 Å². The maximum Gasteiger partial charge on any atom is 0.129 e. The van der Waals surface area contributed by atoms with E-state index in [2.05, 4.69) is 20.0 Å². The smallest absolute Gasteiger partial charge is 0.129 e. The molecule has 0 unspecified atom stereocenters. The second-order valence-electron chi connectivity index (χ2n) is 2.61. The topological polar surface area (TPSA) is 35.2 Å². The van der Waals surface area contributed by atoms with E-state index in [1.165, 1.54) is 0 Å². The molecule has 0 spiro atoms. The van der Waals surface area contributed by atoms with Crippen LogP contribution in [0.2, 0.25) is 0 Å². The Kier molecular flexibility index (Phi) is 1.31. The van der Waals surface area contributed by atoms with E-state index in [9.17, 15) is 0 Å². The Morgan fingerprint density at radius 1 is 1.55 bits per heavy atom. The number of rotatable bonds is 1. The fourth-order valence-electron chi connectivity index (χ4n) is 1.09. The van der Waals surface area contributed by atoms with Crippen molar-refractivity contribution in [3.63, 3.8) is 0 Å². The van der Waals surface area contributed by atoms with Crippen molar-refractivity contribution in [2.45, 2.75) is 0 Å². The standard InChI is InChI=1S/C7H10N4/c1-10-4-5-11(6-10)7-2-3-8-9-7/h2-5H,6H2,1H3,(H,8,9). The summed E-state index contributed by atoms with van der Waals surface area (Å²) >= 11 is 0. The molecule has 0 atom stereocenters. The normalized spacial score (nSPS) is 16.5. The molecule has 1 aliphatic rings. The Morgan fingerprint density at radius 3 is 3.00 bits per heavy atom. The predicted octanol–water partition coefficient (Wildman–Crippen LogP) is 0.590. The molecule has 2 rings (SSSR count). The number of nitrogens with zero attached hydrogens (tertiary/aromatic N) is 3. The van der Waals surface area contributed by atoms with Crippen molar-refractivity contribution in [1.29, 1.82) is 0 Å². The molecule has 2 heterocycles. The Balaban J connectivity index is 2.15. The third kappa shape index (κ3) is 1.07. The average molecular weight is 150 g/mol. The first-order chi connectivity index (χ1) is 5.36. The highest BCUT2D eigenvalue weighted by Crippen LogP contribution is 2.13. The largest absolute Gasteiger partial charge is 0.361 e. The summed E-state index contributed by atoms with van der Waals surface area (Å²) in [5.74, 6) is 1.03. The van der Waals surface area contributed by atoms with Crippen molar-refractivity contribution in [1.82, 2.24) is 15.1 Å². The van der Waals surface area contributed by atoms with Crippen molar-refractivity contribution in [3.8, 4) is 0 Å². The van der Waals surface area contributed by atoms with E-state index in [0.29, 0.717) is 0 Å². The molecule has 0 fully saturated rings. The highest BCUT2D eigenvalue weighted by molar-refractivity contribution is 5.41. The van der Waals surface area contributed by atoms with Gasteiger partial charge in [0.05, 0.1) is 12.9 Å². The van der Waals surface area contributed by atoms with Gasteiger partial charge in [0, 0.05) is 25.5 Å². The van der Waals surface area contributed by atoms with Gasteiger partial charge in [0.2, 0.25) is 0 Å². The summed E-state index contributed by atoms with van der Waals surface area (Å²) in [5.41, 5.74) is 0. The van der Waals surface area contributed by atoms with Crippen molar-refractivity contribution < 1.29 is 0 Å². The van der Waals surface area contributed by atoms with Gasteiger partial charge in [-0.2, -0.15) is 5.10 Å². The molecule has 0 bridgehead atoms. The summed E-state index contributed by atoms with van der Waals surface area (Å²) in [5, 5.41) is 6.77. The number of aromatic amines is 1. The summed E-state index contributed by atoms with van der Waals surface area (Å²) < 4.78 is 0. The van der Waals surface area contributed by atoms with Gasteiger partial charge in [0.15, 0.2) is 0 Å². The Morgan fingerprint density at radius 2 is 2.45 bits per heavy atom. The lowest BCUT2D eigenvalue weighted by Gasteiger charge is -2.15. The fraction of sp³-hybridized carbons (Fsp3) is 0.286. The number of aromatic nitrogens is 2. The zero-order valence-electron chi connectivity index (χ0n) is 6.36. The number of hydrogen-bond acceptors (Lipinski definition) is 3. The molecule has 0 radical (unpaired) electrons. The van der Waals surface area contributed by atoms with Crippen LogP contribution in [-0.4, -0.2) is 28.8 Å². The third-order valence-electron chi connectivity index (χ3n) is 1.67. The van der Waals surface area contributed by atoms with Crippen LogP contribution in [0.15, 0.2) is 24.7 Å². The molecule has 0 aromatic carbocycles. The maximum atomic E-state index is 3.87. The first-order valence-electron chi connectivity index (χ1n) is 3.51. The molecule has 1 aromatic rings. The number of nitrogens with one attached hydrogen (secondary N) is 1. The van der Waals surface area contributed by atoms with Gasteiger partial charge in [-0.3, -0.25) is 5.10 Å². The van der Waals surface area contributed by atoms with Gasteiger partial charge >= 0.3 is 0 Å². The summed E-state index contributed by atoms with van der Waals surface area (Å²) in [6.07, 6.45) is 5.80. The van der Waals surface area contributed by atoms with Gasteiger partial charge in [0.25, 0.3) is 0 Å². The first kappa shape index (κ1) is 6.27. The molecule has 0 amide bonds. The predicted molar refractivity (Wildman–Crippen MR) is 42.8 cm³/mol. The lowest BCUT2D eigenvalue weighted by Crippen LogP contribution is -2.21. The number of H-pyrrole nitrogens is 1. The molecule has 0 aliphatic carbocycles. The third-order valence-corrected chi connectivity index (χ3v) is 1.67. The van der Waals surface area contributed by atoms with E-state index in [0.717, 1.165) is 12.5 Å². The second kappa shape index (κ2) is 2.30. The molecule has 1 aliphatic heterocycles. The molecule has 1 N–H and O–H groups in total. The SMILES string of the molecule is CN1C=CN(c2ccn[nH]2)C1. The Labute approximate surface area is 65.1 Å². The van der Waals surface area contributed by atoms with Gasteiger partial charge < -0.3 is 9.80 Å². The first-order valence-corrected chi connectivity index (χ1v) is 3.51. The van der Waals surface area contributed by atoms with Crippen LogP contribution in [0.25, 0.3) is 0 Å². The summed E-state index contributed by atoms with van der Waals surface area (Å²) in [6, 6.07) is 1.95. The molecular formula is C7H10N4. The maximum absolute atomic E-state index is 3.87. The van der Waals surface area contributed by atoms with Crippen molar-refractivity contribution >= 4 is 5.82 Å². The Hall–Kier alpha value is -1.45. The molecule has 4 nitrogen and oxygen atoms in total. The van der Waals surface area contributed by atoms with Gasteiger partial charge in [0.1, 0.15) is 5.82 Å². The van der Waals surface area contributed by atoms with Crippen LogP contribution in [0.1, 0.15) is 0 Å². The van der Waals surface area contributed by atoms with Crippen LogP contribution >= 0.6 is 0 Å². The van der Waals surface area contributed by atoms with Crippen LogP contribution in [0.5, 0.6) is 0 Å². The van der Waals surface area contributed by atoms with Gasteiger partial charge in [-0.05, 0) is 0 Å². The van der Waals surface area contributed by atoms with Crippen molar-refractivity contribution in [2.75, 3.05) is 18.6 Å². The molecule has 11 heavy (non-hydrogen) atoms. The highest BCUT2D eigenvalue weighted by Gasteiger charge is 2.10. The monoisotopic (exact) mass is 150 g/mol. The van der Waals surface area contributed by atoms with Crippen LogP contribution in [-0.2, 0) is 0 Å². The van der Waals surface area contributed by atoms with Crippen LogP contribution < -0.4 is 4.90 Å². The van der Waals surface area contributed by atoms with Gasteiger partial charge in [-0.1, -0.05) is 0 Å². The van der Waals surface area contributed by atoms with Crippen LogP contribution in [0.4, 0.5) is 5.82 Å². The minimum atomic E-state index is 0.891. The average Bonchev–Trinajstić information content (AvgIpc) is 2.55. The molecule has 4 heteroatoms. The fourth-order valence-corrected chi connectivity index (χ4v) is 1.09. The number of hydrogen-bond donors (Lipinski definition) is 1. The Bertz CT molecular complexity index is 251. The van der Waals surface area contributed by atoms with E-state index in [-0.39, 0.29) is 0 Å². The van der Waals surface area contributed by atoms with Crippen LogP contribution in [0, 0.1) is 0 Å². The minimum absolute atomic E-state index is 0.891. The molecule has 1 aromatic heterocycles. The second-order valence-corrected chi connectivity index (χ2v) is 2.61. The molecular weight excluding hydrogens is 140 g/mol. The van der Waals surface area contributed by atoms with Crippen LogP contribution in [0.3, 0.4) is 0 Å². The van der Waals surface area contributed by atoms with E-state index in [1.807, 2.05) is 25.5 Å². The molecule has 0 saturated heterocycles. The van der Waals surface area contributed by atoms with E-state index in [1.54, 1.807) is 6.20 Å². The van der Waals surface area contributed by atoms with Crippen molar-refractivity contribution in [3.05, 3.63) is 24.7 Å².